The normalized spacial score (nSPS) is 28.0. The van der Waals surface area contributed by atoms with Crippen LogP contribution in [0.15, 0.2) is 36.1 Å². The number of fused-ring (bicyclic) bond motifs is 1. The zero-order chi connectivity index (χ0) is 22.4. The molecule has 1 heterocycles. The van der Waals surface area contributed by atoms with Crippen molar-refractivity contribution in [1.82, 2.24) is 15.5 Å². The third-order valence-electron chi connectivity index (χ3n) is 6.34. The van der Waals surface area contributed by atoms with Crippen LogP contribution in [-0.2, 0) is 9.59 Å². The molecule has 3 rings (SSSR count). The Morgan fingerprint density at radius 2 is 2.00 bits per heavy atom. The number of aliphatic hydroxyl groups excluding tert-OH is 1. The summed E-state index contributed by atoms with van der Waals surface area (Å²) >= 11 is 0. The first-order valence-electron chi connectivity index (χ1n) is 11.4. The van der Waals surface area contributed by atoms with Gasteiger partial charge in [0.15, 0.2) is 0 Å². The van der Waals surface area contributed by atoms with Crippen LogP contribution in [0.1, 0.15) is 46.0 Å². The van der Waals surface area contributed by atoms with E-state index in [-0.39, 0.29) is 42.3 Å². The number of allylic oxidation sites excluding steroid dienone is 2. The number of aliphatic hydroxyl groups is 1. The van der Waals surface area contributed by atoms with Gasteiger partial charge in [0.2, 0.25) is 5.91 Å². The second-order valence-electron chi connectivity index (χ2n) is 9.10. The van der Waals surface area contributed by atoms with Gasteiger partial charge in [-0.3, -0.25) is 9.59 Å². The van der Waals surface area contributed by atoms with Crippen molar-refractivity contribution in [3.63, 3.8) is 0 Å². The molecular formula is C24H34N4O3. The molecule has 0 saturated heterocycles. The molecule has 3 N–H and O–H groups in total. The second-order valence-corrected chi connectivity index (χ2v) is 9.10. The summed E-state index contributed by atoms with van der Waals surface area (Å²) < 4.78 is 0. The lowest BCUT2D eigenvalue weighted by molar-refractivity contribution is -0.128. The van der Waals surface area contributed by atoms with E-state index in [4.69, 9.17) is 0 Å². The van der Waals surface area contributed by atoms with Crippen molar-refractivity contribution in [2.24, 2.45) is 17.8 Å². The molecule has 0 aromatic heterocycles. The number of amides is 2. The van der Waals surface area contributed by atoms with Crippen molar-refractivity contribution in [3.05, 3.63) is 36.1 Å². The van der Waals surface area contributed by atoms with Gasteiger partial charge in [0.1, 0.15) is 6.04 Å². The smallest absolute Gasteiger partial charge is 0.267 e. The fourth-order valence-electron chi connectivity index (χ4n) is 4.85. The molecule has 2 unspecified atom stereocenters. The maximum absolute atomic E-state index is 13.2. The first kappa shape index (κ1) is 23.1. The van der Waals surface area contributed by atoms with Crippen molar-refractivity contribution in [3.8, 4) is 6.07 Å². The fourth-order valence-corrected chi connectivity index (χ4v) is 4.85. The van der Waals surface area contributed by atoms with E-state index in [0.29, 0.717) is 31.0 Å². The molecule has 1 aliphatic heterocycles. The number of carbonyl (C=O) groups excluding carboxylic acids is 2. The molecule has 0 radical (unpaired) electrons. The molecule has 0 aromatic carbocycles. The molecule has 2 aliphatic carbocycles. The largest absolute Gasteiger partial charge is 0.395 e. The highest BCUT2D eigenvalue weighted by Crippen LogP contribution is 2.32. The Kier molecular flexibility index (Phi) is 7.91. The first-order valence-corrected chi connectivity index (χ1v) is 11.4. The van der Waals surface area contributed by atoms with Gasteiger partial charge in [0.05, 0.1) is 30.3 Å². The fraction of sp³-hybridized carbons (Fsp3) is 0.625. The van der Waals surface area contributed by atoms with E-state index in [2.05, 4.69) is 22.8 Å². The van der Waals surface area contributed by atoms with Gasteiger partial charge in [-0.25, -0.2) is 0 Å². The first-order chi connectivity index (χ1) is 14.9. The predicted octanol–water partition coefficient (Wildman–Crippen LogP) is 2.02. The summed E-state index contributed by atoms with van der Waals surface area (Å²) in [5.41, 5.74) is 0.555. The average molecular weight is 427 g/mol. The number of β-amino-alcohol motifs (C(OH)–C–C–N with tert-alkyl or cyclic N) is 1. The average Bonchev–Trinajstić information content (AvgIpc) is 3.12. The van der Waals surface area contributed by atoms with E-state index in [9.17, 15) is 20.0 Å². The molecule has 0 bridgehead atoms. The van der Waals surface area contributed by atoms with Crippen LogP contribution in [0.2, 0.25) is 0 Å². The summed E-state index contributed by atoms with van der Waals surface area (Å²) in [7, 11) is 0. The second kappa shape index (κ2) is 10.6. The van der Waals surface area contributed by atoms with Crippen LogP contribution in [0.5, 0.6) is 0 Å². The molecule has 7 nitrogen and oxygen atoms in total. The standard InChI is InChI=1S/C24H34N4O3/c1-16(2)13-18(15-25)26-23(30)19-8-4-5-9-20(19)27-24(31)22-14-17-7-3-6-10-21(17)28(22)11-12-29/h3,6-7,10,14,16-21,29H,4-5,8-9,11-13H2,1-2H3,(H,26,30)(H,27,31)/t17?,18-,19+,20-,21?/m0/s1. The van der Waals surface area contributed by atoms with E-state index >= 15 is 0 Å². The van der Waals surface area contributed by atoms with E-state index in [1.54, 1.807) is 0 Å². The Morgan fingerprint density at radius 3 is 2.71 bits per heavy atom. The summed E-state index contributed by atoms with van der Waals surface area (Å²) in [5.74, 6) is -0.269. The lowest BCUT2D eigenvalue weighted by Crippen LogP contribution is -2.51. The maximum Gasteiger partial charge on any atom is 0.267 e. The van der Waals surface area contributed by atoms with E-state index in [1.165, 1.54) is 0 Å². The monoisotopic (exact) mass is 426 g/mol. The summed E-state index contributed by atoms with van der Waals surface area (Å²) in [6, 6.07) is 1.45. The molecule has 0 spiro atoms. The number of nitrogens with one attached hydrogen (secondary N) is 2. The van der Waals surface area contributed by atoms with Crippen LogP contribution in [0, 0.1) is 29.1 Å². The van der Waals surface area contributed by atoms with Gasteiger partial charge in [0.25, 0.3) is 5.91 Å². The summed E-state index contributed by atoms with van der Waals surface area (Å²) in [6.07, 6.45) is 13.9. The van der Waals surface area contributed by atoms with Crippen LogP contribution < -0.4 is 10.6 Å². The van der Waals surface area contributed by atoms with Crippen LogP contribution in [-0.4, -0.2) is 53.1 Å². The number of rotatable bonds is 8. The van der Waals surface area contributed by atoms with Crippen LogP contribution in [0.4, 0.5) is 0 Å². The van der Waals surface area contributed by atoms with Crippen LogP contribution >= 0.6 is 0 Å². The summed E-state index contributed by atoms with van der Waals surface area (Å²) in [6.45, 7) is 4.39. The third-order valence-corrected chi connectivity index (χ3v) is 6.34. The molecule has 0 aromatic rings. The Balaban J connectivity index is 1.68. The Bertz CT molecular complexity index is 795. The van der Waals surface area contributed by atoms with E-state index < -0.39 is 6.04 Å². The topological polar surface area (TPSA) is 105 Å². The number of carbonyl (C=O) groups is 2. The van der Waals surface area contributed by atoms with E-state index in [0.717, 1.165) is 19.3 Å². The molecule has 7 heteroatoms. The van der Waals surface area contributed by atoms with Crippen LogP contribution in [0.3, 0.4) is 0 Å². The number of hydrogen-bond acceptors (Lipinski definition) is 5. The highest BCUT2D eigenvalue weighted by molar-refractivity contribution is 5.94. The Morgan fingerprint density at radius 1 is 1.26 bits per heavy atom. The van der Waals surface area contributed by atoms with Crippen molar-refractivity contribution >= 4 is 11.8 Å². The highest BCUT2D eigenvalue weighted by atomic mass is 16.3. The number of hydrogen-bond donors (Lipinski definition) is 3. The number of nitrogens with zero attached hydrogens (tertiary/aromatic N) is 2. The molecule has 168 valence electrons. The van der Waals surface area contributed by atoms with Gasteiger partial charge in [-0.15, -0.1) is 0 Å². The minimum Gasteiger partial charge on any atom is -0.395 e. The third kappa shape index (κ3) is 5.56. The minimum atomic E-state index is -0.509. The Hall–Kier alpha value is -2.59. The number of nitriles is 1. The zero-order valence-electron chi connectivity index (χ0n) is 18.5. The quantitative estimate of drug-likeness (QED) is 0.551. The van der Waals surface area contributed by atoms with Gasteiger partial charge >= 0.3 is 0 Å². The summed E-state index contributed by atoms with van der Waals surface area (Å²) in [5, 5.41) is 24.9. The zero-order valence-corrected chi connectivity index (χ0v) is 18.5. The molecule has 3 aliphatic rings. The van der Waals surface area contributed by atoms with Crippen molar-refractivity contribution in [2.45, 2.75) is 64.1 Å². The molecule has 1 saturated carbocycles. The maximum atomic E-state index is 13.2. The van der Waals surface area contributed by atoms with E-state index in [1.807, 2.05) is 43.1 Å². The lowest BCUT2D eigenvalue weighted by atomic mass is 9.83. The molecule has 5 atom stereocenters. The molecular weight excluding hydrogens is 392 g/mol. The van der Waals surface area contributed by atoms with Gasteiger partial charge in [-0.05, 0) is 31.3 Å². The Labute approximate surface area is 184 Å². The van der Waals surface area contributed by atoms with Gasteiger partial charge in [0, 0.05) is 18.5 Å². The van der Waals surface area contributed by atoms with Crippen LogP contribution in [0.25, 0.3) is 0 Å². The summed E-state index contributed by atoms with van der Waals surface area (Å²) in [4.78, 5) is 28.1. The van der Waals surface area contributed by atoms with Gasteiger partial charge in [-0.2, -0.15) is 5.26 Å². The van der Waals surface area contributed by atoms with Crippen molar-refractivity contribution in [2.75, 3.05) is 13.2 Å². The minimum absolute atomic E-state index is 0.0365. The van der Waals surface area contributed by atoms with Gasteiger partial charge in [-0.1, -0.05) is 51.0 Å². The van der Waals surface area contributed by atoms with Gasteiger partial charge < -0.3 is 20.6 Å². The molecule has 31 heavy (non-hydrogen) atoms. The SMILES string of the molecule is CC(C)C[C@@H](C#N)NC(=O)[C@@H]1CCCC[C@@H]1NC(=O)C1=CC2C=CC=CC2N1CCO. The lowest BCUT2D eigenvalue weighted by Gasteiger charge is -2.34. The highest BCUT2D eigenvalue weighted by Gasteiger charge is 2.38. The molecule has 1 fully saturated rings. The predicted molar refractivity (Wildman–Crippen MR) is 118 cm³/mol. The van der Waals surface area contributed by atoms with Crippen molar-refractivity contribution < 1.29 is 14.7 Å². The van der Waals surface area contributed by atoms with Crippen molar-refractivity contribution in [1.29, 1.82) is 5.26 Å². The molecule has 2 amide bonds.